The predicted molar refractivity (Wildman–Crippen MR) is 78.5 cm³/mol. The monoisotopic (exact) mass is 293 g/mol. The van der Waals surface area contributed by atoms with Gasteiger partial charge >= 0.3 is 0 Å². The van der Waals surface area contributed by atoms with E-state index in [4.69, 9.17) is 15.0 Å². The van der Waals surface area contributed by atoms with Gasteiger partial charge in [0.2, 0.25) is 5.89 Å². The zero-order valence-electron chi connectivity index (χ0n) is 11.7. The molecule has 1 aromatic heterocycles. The van der Waals surface area contributed by atoms with Gasteiger partial charge in [0.25, 0.3) is 0 Å². The zero-order chi connectivity index (χ0) is 14.4. The van der Waals surface area contributed by atoms with Gasteiger partial charge in [0.05, 0.1) is 11.8 Å². The van der Waals surface area contributed by atoms with Crippen LogP contribution in [0.25, 0.3) is 0 Å². The molecule has 1 atom stereocenters. The van der Waals surface area contributed by atoms with Crippen molar-refractivity contribution in [3.63, 3.8) is 0 Å². The van der Waals surface area contributed by atoms with E-state index in [2.05, 4.69) is 41.3 Å². The number of rotatable bonds is 7. The molecule has 0 aliphatic carbocycles. The molecule has 1 unspecified atom stereocenters. The van der Waals surface area contributed by atoms with Crippen molar-refractivity contribution in [3.05, 3.63) is 41.5 Å². The molecule has 0 aliphatic rings. The van der Waals surface area contributed by atoms with Gasteiger partial charge in [0, 0.05) is 18.6 Å². The van der Waals surface area contributed by atoms with E-state index >= 15 is 0 Å². The molecule has 0 radical (unpaired) electrons. The molecule has 5 nitrogen and oxygen atoms in total. The average molecular weight is 293 g/mol. The lowest BCUT2D eigenvalue weighted by Gasteiger charge is -2.04. The number of hydrogen-bond donors (Lipinski definition) is 1. The van der Waals surface area contributed by atoms with Crippen LogP contribution in [-0.4, -0.2) is 23.9 Å². The summed E-state index contributed by atoms with van der Waals surface area (Å²) in [6.07, 6.45) is 0.670. The van der Waals surface area contributed by atoms with E-state index in [0.717, 1.165) is 0 Å². The van der Waals surface area contributed by atoms with Crippen LogP contribution in [0.5, 0.6) is 0 Å². The second-order valence-electron chi connectivity index (χ2n) is 4.54. The summed E-state index contributed by atoms with van der Waals surface area (Å²) in [6, 6.07) is 8.09. The molecule has 0 saturated carbocycles. The molecule has 0 amide bonds. The normalized spacial score (nSPS) is 12.6. The van der Waals surface area contributed by atoms with Gasteiger partial charge in [-0.2, -0.15) is 4.98 Å². The van der Waals surface area contributed by atoms with Crippen LogP contribution in [0.3, 0.4) is 0 Å². The molecule has 2 aromatic rings. The van der Waals surface area contributed by atoms with Crippen molar-refractivity contribution in [1.29, 1.82) is 0 Å². The van der Waals surface area contributed by atoms with E-state index in [-0.39, 0.29) is 6.04 Å². The van der Waals surface area contributed by atoms with Crippen molar-refractivity contribution in [2.45, 2.75) is 30.0 Å². The van der Waals surface area contributed by atoms with Crippen LogP contribution in [0.1, 0.15) is 29.7 Å². The average Bonchev–Trinajstić information content (AvgIpc) is 2.93. The van der Waals surface area contributed by atoms with Gasteiger partial charge in [-0.3, -0.25) is 0 Å². The van der Waals surface area contributed by atoms with Gasteiger partial charge in [-0.15, -0.1) is 11.8 Å². The Balaban J connectivity index is 1.87. The molecule has 0 bridgehead atoms. The van der Waals surface area contributed by atoms with Gasteiger partial charge in [0.1, 0.15) is 0 Å². The van der Waals surface area contributed by atoms with E-state index in [9.17, 15) is 0 Å². The first kappa shape index (κ1) is 15.0. The highest BCUT2D eigenvalue weighted by Gasteiger charge is 2.14. The van der Waals surface area contributed by atoms with Crippen molar-refractivity contribution < 1.29 is 9.26 Å². The maximum Gasteiger partial charge on any atom is 0.243 e. The number of thioether (sulfide) groups is 1. The summed E-state index contributed by atoms with van der Waals surface area (Å²) in [5, 5.41) is 3.95. The molecule has 0 spiro atoms. The maximum atomic E-state index is 5.94. The van der Waals surface area contributed by atoms with Gasteiger partial charge in [-0.1, -0.05) is 22.9 Å². The third-order valence-corrected chi connectivity index (χ3v) is 3.83. The molecule has 20 heavy (non-hydrogen) atoms. The highest BCUT2D eigenvalue weighted by atomic mass is 32.2. The van der Waals surface area contributed by atoms with Crippen LogP contribution in [0.2, 0.25) is 0 Å². The molecule has 2 N–H and O–H groups in total. The highest BCUT2D eigenvalue weighted by molar-refractivity contribution is 7.98. The van der Waals surface area contributed by atoms with Gasteiger partial charge in [0.15, 0.2) is 5.82 Å². The lowest BCUT2D eigenvalue weighted by Crippen LogP contribution is -2.13. The number of hydrogen-bond acceptors (Lipinski definition) is 6. The fourth-order valence-electron chi connectivity index (χ4n) is 1.63. The zero-order valence-corrected chi connectivity index (χ0v) is 12.5. The van der Waals surface area contributed by atoms with E-state index in [1.807, 2.05) is 0 Å². The molecular formula is C14H19N3O2S. The standard InChI is InChI=1S/C14H19N3O2S/c1-10-3-5-11(6-4-10)20-9-13-16-14(19-17-13)12(15)7-8-18-2/h3-6,12H,7-9,15H2,1-2H3. The molecule has 6 heteroatoms. The van der Waals surface area contributed by atoms with E-state index < -0.39 is 0 Å². The summed E-state index contributed by atoms with van der Waals surface area (Å²) >= 11 is 1.67. The molecule has 1 heterocycles. The fraction of sp³-hybridized carbons (Fsp3) is 0.429. The lowest BCUT2D eigenvalue weighted by molar-refractivity contribution is 0.182. The molecule has 0 saturated heterocycles. The van der Waals surface area contributed by atoms with Crippen LogP contribution in [-0.2, 0) is 10.5 Å². The van der Waals surface area contributed by atoms with Crippen LogP contribution in [0.15, 0.2) is 33.7 Å². The first-order chi connectivity index (χ1) is 9.69. The SMILES string of the molecule is COCCC(N)c1nc(CSc2ccc(C)cc2)no1. The smallest absolute Gasteiger partial charge is 0.243 e. The van der Waals surface area contributed by atoms with Crippen molar-refractivity contribution >= 4 is 11.8 Å². The Morgan fingerprint density at radius 3 is 2.80 bits per heavy atom. The fourth-order valence-corrected chi connectivity index (χ4v) is 2.37. The van der Waals surface area contributed by atoms with Crippen LogP contribution >= 0.6 is 11.8 Å². The summed E-state index contributed by atoms with van der Waals surface area (Å²) in [5.41, 5.74) is 7.19. The third-order valence-electron chi connectivity index (χ3n) is 2.82. The maximum absolute atomic E-state index is 5.94. The summed E-state index contributed by atoms with van der Waals surface area (Å²) in [4.78, 5) is 5.50. The predicted octanol–water partition coefficient (Wildman–Crippen LogP) is 2.71. The lowest BCUT2D eigenvalue weighted by atomic mass is 10.2. The van der Waals surface area contributed by atoms with Crippen LogP contribution < -0.4 is 5.73 Å². The second kappa shape index (κ2) is 7.42. The number of ether oxygens (including phenoxy) is 1. The van der Waals surface area contributed by atoms with Crippen LogP contribution in [0, 0.1) is 6.92 Å². The Morgan fingerprint density at radius 1 is 1.35 bits per heavy atom. The third kappa shape index (κ3) is 4.33. The summed E-state index contributed by atoms with van der Waals surface area (Å²) in [6.45, 7) is 2.65. The summed E-state index contributed by atoms with van der Waals surface area (Å²) in [5.74, 6) is 1.81. The van der Waals surface area contributed by atoms with E-state index in [0.29, 0.717) is 30.5 Å². The first-order valence-electron chi connectivity index (χ1n) is 6.45. The Bertz CT molecular complexity index is 527. The molecule has 1 aromatic carbocycles. The number of benzene rings is 1. The number of aromatic nitrogens is 2. The Labute approximate surface area is 122 Å². The number of nitrogens with zero attached hydrogens (tertiary/aromatic N) is 2. The van der Waals surface area contributed by atoms with Gasteiger partial charge in [-0.05, 0) is 25.5 Å². The number of aryl methyl sites for hydroxylation is 1. The minimum atomic E-state index is -0.263. The first-order valence-corrected chi connectivity index (χ1v) is 7.44. The Kier molecular flexibility index (Phi) is 5.58. The van der Waals surface area contributed by atoms with Crippen molar-refractivity contribution in [2.24, 2.45) is 5.73 Å². The molecule has 0 aliphatic heterocycles. The summed E-state index contributed by atoms with van der Waals surface area (Å²) in [7, 11) is 1.64. The van der Waals surface area contributed by atoms with E-state index in [1.165, 1.54) is 10.5 Å². The Hall–Kier alpha value is -1.37. The van der Waals surface area contributed by atoms with E-state index in [1.54, 1.807) is 18.9 Å². The Morgan fingerprint density at radius 2 is 2.10 bits per heavy atom. The minimum Gasteiger partial charge on any atom is -0.385 e. The van der Waals surface area contributed by atoms with Crippen molar-refractivity contribution in [2.75, 3.05) is 13.7 Å². The van der Waals surface area contributed by atoms with Crippen LogP contribution in [0.4, 0.5) is 0 Å². The largest absolute Gasteiger partial charge is 0.385 e. The quantitative estimate of drug-likeness (QED) is 0.791. The number of nitrogens with two attached hydrogens (primary N) is 1. The molecule has 0 fully saturated rings. The van der Waals surface area contributed by atoms with Crippen molar-refractivity contribution in [1.82, 2.24) is 10.1 Å². The highest BCUT2D eigenvalue weighted by Crippen LogP contribution is 2.22. The van der Waals surface area contributed by atoms with Crippen molar-refractivity contribution in [3.8, 4) is 0 Å². The molecule has 108 valence electrons. The van der Waals surface area contributed by atoms with Gasteiger partial charge < -0.3 is 15.0 Å². The number of methoxy groups -OCH3 is 1. The molecular weight excluding hydrogens is 274 g/mol. The molecule has 2 rings (SSSR count). The second-order valence-corrected chi connectivity index (χ2v) is 5.59. The summed E-state index contributed by atoms with van der Waals surface area (Å²) < 4.78 is 10.2. The minimum absolute atomic E-state index is 0.263. The van der Waals surface area contributed by atoms with Gasteiger partial charge in [-0.25, -0.2) is 0 Å². The topological polar surface area (TPSA) is 74.2 Å².